The van der Waals surface area contributed by atoms with Gasteiger partial charge in [0.05, 0.1) is 4.88 Å². The van der Waals surface area contributed by atoms with Crippen molar-refractivity contribution in [2.45, 2.75) is 6.92 Å². The van der Waals surface area contributed by atoms with Crippen molar-refractivity contribution in [1.29, 1.82) is 0 Å². The summed E-state index contributed by atoms with van der Waals surface area (Å²) in [6.07, 6.45) is 0. The Kier molecular flexibility index (Phi) is 4.16. The number of benzene rings is 1. The molecule has 2 heterocycles. The van der Waals surface area contributed by atoms with E-state index in [2.05, 4.69) is 10.5 Å². The number of nitrogens with zero attached hydrogens (tertiary/aromatic N) is 2. The molecule has 5 nitrogen and oxygen atoms in total. The minimum absolute atomic E-state index is 0.223. The molecule has 0 fully saturated rings. The highest BCUT2D eigenvalue weighted by molar-refractivity contribution is 7.15. The third-order valence-corrected chi connectivity index (χ3v) is 4.39. The lowest BCUT2D eigenvalue weighted by Gasteiger charge is -2.13. The van der Waals surface area contributed by atoms with Crippen molar-refractivity contribution in [2.24, 2.45) is 0 Å². The SMILES string of the molecule is Cc1ccc(-c2cc(NC(=O)c3cccc(N(C)C)c3)on2)s1. The maximum atomic E-state index is 12.3. The molecule has 0 saturated carbocycles. The van der Waals surface area contributed by atoms with Gasteiger partial charge in [-0.3, -0.25) is 10.1 Å². The van der Waals surface area contributed by atoms with Crippen LogP contribution in [0, 0.1) is 6.92 Å². The van der Waals surface area contributed by atoms with Gasteiger partial charge in [-0.15, -0.1) is 11.3 Å². The van der Waals surface area contributed by atoms with E-state index in [9.17, 15) is 4.79 Å². The predicted octanol–water partition coefficient (Wildman–Crippen LogP) is 4.03. The van der Waals surface area contributed by atoms with Gasteiger partial charge < -0.3 is 9.42 Å². The molecule has 23 heavy (non-hydrogen) atoms. The number of hydrogen-bond acceptors (Lipinski definition) is 5. The lowest BCUT2D eigenvalue weighted by atomic mass is 10.2. The van der Waals surface area contributed by atoms with E-state index in [-0.39, 0.29) is 5.91 Å². The molecule has 0 radical (unpaired) electrons. The number of amides is 1. The molecule has 0 aliphatic heterocycles. The van der Waals surface area contributed by atoms with E-state index >= 15 is 0 Å². The van der Waals surface area contributed by atoms with Gasteiger partial charge in [0, 0.05) is 36.3 Å². The van der Waals surface area contributed by atoms with Crippen LogP contribution in [0.4, 0.5) is 11.6 Å². The molecule has 6 heteroatoms. The van der Waals surface area contributed by atoms with E-state index < -0.39 is 0 Å². The van der Waals surface area contributed by atoms with Crippen molar-refractivity contribution in [2.75, 3.05) is 24.3 Å². The molecule has 1 aromatic carbocycles. The Bertz CT molecular complexity index is 836. The summed E-state index contributed by atoms with van der Waals surface area (Å²) < 4.78 is 5.21. The number of aromatic nitrogens is 1. The third kappa shape index (κ3) is 3.43. The number of rotatable bonds is 4. The first kappa shape index (κ1) is 15.3. The molecule has 0 atom stereocenters. The van der Waals surface area contributed by atoms with Crippen LogP contribution in [0.3, 0.4) is 0 Å². The minimum atomic E-state index is -0.223. The van der Waals surface area contributed by atoms with Crippen LogP contribution in [0.5, 0.6) is 0 Å². The summed E-state index contributed by atoms with van der Waals surface area (Å²) in [5, 5.41) is 6.74. The van der Waals surface area contributed by atoms with Gasteiger partial charge in [-0.05, 0) is 37.3 Å². The molecule has 0 saturated heterocycles. The fourth-order valence-electron chi connectivity index (χ4n) is 2.13. The molecule has 0 aliphatic carbocycles. The third-order valence-electron chi connectivity index (χ3n) is 3.36. The van der Waals surface area contributed by atoms with E-state index in [1.165, 1.54) is 4.88 Å². The quantitative estimate of drug-likeness (QED) is 0.786. The molecule has 2 aromatic heterocycles. The smallest absolute Gasteiger partial charge is 0.258 e. The Morgan fingerprint density at radius 2 is 2.04 bits per heavy atom. The molecule has 1 N–H and O–H groups in total. The van der Waals surface area contributed by atoms with Crippen LogP contribution in [0.15, 0.2) is 47.0 Å². The molecular formula is C17H17N3O2S. The van der Waals surface area contributed by atoms with Gasteiger partial charge in [-0.1, -0.05) is 11.2 Å². The predicted molar refractivity (Wildman–Crippen MR) is 93.3 cm³/mol. The molecular weight excluding hydrogens is 310 g/mol. The molecule has 1 amide bonds. The Morgan fingerprint density at radius 1 is 1.22 bits per heavy atom. The van der Waals surface area contributed by atoms with Crippen LogP contribution < -0.4 is 10.2 Å². The minimum Gasteiger partial charge on any atom is -0.378 e. The topological polar surface area (TPSA) is 58.4 Å². The van der Waals surface area contributed by atoms with Crippen LogP contribution in [-0.4, -0.2) is 25.2 Å². The van der Waals surface area contributed by atoms with Gasteiger partial charge in [-0.2, -0.15) is 0 Å². The van der Waals surface area contributed by atoms with Crippen LogP contribution in [0.1, 0.15) is 15.2 Å². The highest BCUT2D eigenvalue weighted by Crippen LogP contribution is 2.28. The average molecular weight is 327 g/mol. The van der Waals surface area contributed by atoms with Crippen molar-refractivity contribution in [3.8, 4) is 10.6 Å². The summed E-state index contributed by atoms with van der Waals surface area (Å²) in [6.45, 7) is 2.04. The standard InChI is InChI=1S/C17H17N3O2S/c1-11-7-8-15(23-11)14-10-16(22-19-14)18-17(21)12-5-4-6-13(9-12)20(2)3/h4-10H,1-3H3,(H,18,21). The second-order valence-corrected chi connectivity index (χ2v) is 6.67. The lowest BCUT2D eigenvalue weighted by Crippen LogP contribution is -2.13. The first-order valence-electron chi connectivity index (χ1n) is 7.15. The summed E-state index contributed by atoms with van der Waals surface area (Å²) >= 11 is 1.63. The monoisotopic (exact) mass is 327 g/mol. The van der Waals surface area contributed by atoms with E-state index in [0.717, 1.165) is 16.3 Å². The highest BCUT2D eigenvalue weighted by atomic mass is 32.1. The lowest BCUT2D eigenvalue weighted by molar-refractivity contribution is 0.102. The van der Waals surface area contributed by atoms with Gasteiger partial charge in [0.15, 0.2) is 0 Å². The summed E-state index contributed by atoms with van der Waals surface area (Å²) in [5.74, 6) is 0.116. The van der Waals surface area contributed by atoms with E-state index in [1.54, 1.807) is 23.5 Å². The van der Waals surface area contributed by atoms with Crippen molar-refractivity contribution in [3.63, 3.8) is 0 Å². The maximum Gasteiger partial charge on any atom is 0.258 e. The van der Waals surface area contributed by atoms with Gasteiger partial charge in [0.2, 0.25) is 5.88 Å². The molecule has 3 aromatic rings. The molecule has 118 valence electrons. The number of carbonyl (C=O) groups is 1. The molecule has 0 unspecified atom stereocenters. The summed E-state index contributed by atoms with van der Waals surface area (Å²) in [6, 6.07) is 13.1. The number of hydrogen-bond donors (Lipinski definition) is 1. The number of carbonyl (C=O) groups excluding carboxylic acids is 1. The second kappa shape index (κ2) is 6.26. The number of anilines is 2. The van der Waals surface area contributed by atoms with Crippen LogP contribution in [-0.2, 0) is 0 Å². The first-order valence-corrected chi connectivity index (χ1v) is 7.97. The van der Waals surface area contributed by atoms with E-state index in [0.29, 0.717) is 11.4 Å². The number of aryl methyl sites for hydroxylation is 1. The zero-order chi connectivity index (χ0) is 16.4. The second-order valence-electron chi connectivity index (χ2n) is 5.39. The van der Waals surface area contributed by atoms with Crippen molar-refractivity contribution < 1.29 is 9.32 Å². The zero-order valence-corrected chi connectivity index (χ0v) is 14.0. The fourth-order valence-corrected chi connectivity index (χ4v) is 2.95. The van der Waals surface area contributed by atoms with Gasteiger partial charge in [0.25, 0.3) is 5.91 Å². The van der Waals surface area contributed by atoms with Gasteiger partial charge in [0.1, 0.15) is 5.69 Å². The Labute approximate surface area is 138 Å². The van der Waals surface area contributed by atoms with Gasteiger partial charge in [-0.25, -0.2) is 0 Å². The Balaban J connectivity index is 1.76. The fraction of sp³-hybridized carbons (Fsp3) is 0.176. The van der Waals surface area contributed by atoms with Crippen LogP contribution >= 0.6 is 11.3 Å². The van der Waals surface area contributed by atoms with Crippen LogP contribution in [0.2, 0.25) is 0 Å². The molecule has 0 spiro atoms. The maximum absolute atomic E-state index is 12.3. The molecule has 0 aliphatic rings. The number of nitrogens with one attached hydrogen (secondary N) is 1. The molecule has 3 rings (SSSR count). The number of thiophene rings is 1. The first-order chi connectivity index (χ1) is 11.0. The Hall–Kier alpha value is -2.60. The highest BCUT2D eigenvalue weighted by Gasteiger charge is 2.13. The van der Waals surface area contributed by atoms with Crippen molar-refractivity contribution in [3.05, 3.63) is 52.9 Å². The zero-order valence-electron chi connectivity index (χ0n) is 13.2. The molecule has 0 bridgehead atoms. The van der Waals surface area contributed by atoms with Crippen LogP contribution in [0.25, 0.3) is 10.6 Å². The summed E-state index contributed by atoms with van der Waals surface area (Å²) in [4.78, 5) is 16.5. The van der Waals surface area contributed by atoms with Gasteiger partial charge >= 0.3 is 0 Å². The summed E-state index contributed by atoms with van der Waals surface area (Å²) in [5.41, 5.74) is 2.26. The van der Waals surface area contributed by atoms with E-state index in [1.807, 2.05) is 56.3 Å². The average Bonchev–Trinajstić information content (AvgIpc) is 3.16. The largest absolute Gasteiger partial charge is 0.378 e. The van der Waals surface area contributed by atoms with Crippen molar-refractivity contribution >= 4 is 28.8 Å². The van der Waals surface area contributed by atoms with Crippen molar-refractivity contribution in [1.82, 2.24) is 5.16 Å². The normalized spacial score (nSPS) is 10.6. The Morgan fingerprint density at radius 3 is 2.74 bits per heavy atom. The summed E-state index contributed by atoms with van der Waals surface area (Å²) in [7, 11) is 3.87. The van der Waals surface area contributed by atoms with E-state index in [4.69, 9.17) is 4.52 Å².